The molecule has 4 aromatic rings. The first-order valence-electron chi connectivity index (χ1n) is 11.1. The van der Waals surface area contributed by atoms with Crippen LogP contribution in [0.15, 0.2) is 67.3 Å². The van der Waals surface area contributed by atoms with Crippen LogP contribution < -0.4 is 10.5 Å². The van der Waals surface area contributed by atoms with Crippen molar-refractivity contribution in [2.75, 3.05) is 11.7 Å². The van der Waals surface area contributed by atoms with Crippen molar-refractivity contribution in [3.05, 3.63) is 89.3 Å². The number of carbonyl (C=O) groups is 2. The number of aromatic nitrogens is 3. The lowest BCUT2D eigenvalue weighted by molar-refractivity contribution is -0.137. The molecule has 1 atom stereocenters. The fourth-order valence-electron chi connectivity index (χ4n) is 3.73. The molecule has 2 N–H and O–H groups in total. The lowest BCUT2D eigenvalue weighted by Crippen LogP contribution is -2.52. The molecule has 4 rings (SSSR count). The van der Waals surface area contributed by atoms with Crippen molar-refractivity contribution in [1.29, 1.82) is 0 Å². The number of imidazole rings is 1. The Labute approximate surface area is 211 Å². The van der Waals surface area contributed by atoms with E-state index >= 15 is 0 Å². The predicted molar refractivity (Wildman–Crippen MR) is 133 cm³/mol. The third-order valence-corrected chi connectivity index (χ3v) is 5.94. The number of hydrogen-bond acceptors (Lipinski definition) is 6. The summed E-state index contributed by atoms with van der Waals surface area (Å²) in [7, 11) is 0. The summed E-state index contributed by atoms with van der Waals surface area (Å²) in [5.41, 5.74) is 4.18. The van der Waals surface area contributed by atoms with Crippen molar-refractivity contribution in [2.24, 2.45) is 0 Å². The molecule has 2 aromatic carbocycles. The van der Waals surface area contributed by atoms with Gasteiger partial charge in [-0.1, -0.05) is 48.0 Å². The van der Waals surface area contributed by atoms with Gasteiger partial charge in [0.2, 0.25) is 12.3 Å². The molecule has 0 spiro atoms. The number of nitrogens with one attached hydrogen (secondary N) is 2. The Kier molecular flexibility index (Phi) is 8.21. The van der Waals surface area contributed by atoms with Crippen LogP contribution in [-0.2, 0) is 27.4 Å². The summed E-state index contributed by atoms with van der Waals surface area (Å²) in [6.07, 6.45) is 5.71. The van der Waals surface area contributed by atoms with E-state index in [1.807, 2.05) is 24.3 Å². The van der Waals surface area contributed by atoms with E-state index in [0.29, 0.717) is 29.9 Å². The molecule has 0 fully saturated rings. The predicted octanol–water partition coefficient (Wildman–Crippen LogP) is 3.81. The fraction of sp³-hybridized carbons (Fsp3) is 0.200. The standard InChI is InChI=1S/C25H24ClFN6O3/c1-17(35)33(31-12-20-7-4-8-23(27)25(20)26)22(10-21-13-28-15-30-21)14-36-32(16-34)24-9-18-5-2-3-6-19(18)11-29-24/h2-9,11,13,15-16,22,31H,10,12,14H2,1H3,(H,28,30)/t22-/m0/s1. The van der Waals surface area contributed by atoms with Gasteiger partial charge >= 0.3 is 0 Å². The number of amides is 2. The summed E-state index contributed by atoms with van der Waals surface area (Å²) in [4.78, 5) is 41.7. The van der Waals surface area contributed by atoms with Gasteiger partial charge in [0, 0.05) is 37.7 Å². The number of anilines is 1. The molecule has 0 saturated carbocycles. The van der Waals surface area contributed by atoms with Crippen molar-refractivity contribution in [2.45, 2.75) is 25.9 Å². The highest BCUT2D eigenvalue weighted by Crippen LogP contribution is 2.21. The largest absolute Gasteiger partial charge is 0.351 e. The van der Waals surface area contributed by atoms with Gasteiger partial charge in [0.15, 0.2) is 5.82 Å². The lowest BCUT2D eigenvalue weighted by Gasteiger charge is -2.32. The Morgan fingerprint density at radius 3 is 2.75 bits per heavy atom. The van der Waals surface area contributed by atoms with Crippen LogP contribution >= 0.6 is 11.6 Å². The second kappa shape index (κ2) is 11.7. The molecule has 36 heavy (non-hydrogen) atoms. The number of hydroxylamine groups is 1. The maximum Gasteiger partial charge on any atom is 0.239 e. The van der Waals surface area contributed by atoms with Crippen LogP contribution in [0, 0.1) is 5.82 Å². The number of hydrogen-bond donors (Lipinski definition) is 2. The highest BCUT2D eigenvalue weighted by molar-refractivity contribution is 6.31. The number of aromatic amines is 1. The van der Waals surface area contributed by atoms with Crippen molar-refractivity contribution in [3.63, 3.8) is 0 Å². The average molecular weight is 511 g/mol. The summed E-state index contributed by atoms with van der Waals surface area (Å²) < 4.78 is 13.9. The zero-order chi connectivity index (χ0) is 25.5. The van der Waals surface area contributed by atoms with E-state index in [1.54, 1.807) is 30.6 Å². The zero-order valence-electron chi connectivity index (χ0n) is 19.4. The Balaban J connectivity index is 1.53. The Bertz CT molecular complexity index is 1340. The molecule has 186 valence electrons. The molecule has 0 aliphatic rings. The summed E-state index contributed by atoms with van der Waals surface area (Å²) in [6.45, 7) is 1.42. The van der Waals surface area contributed by atoms with Crippen molar-refractivity contribution in [1.82, 2.24) is 25.4 Å². The van der Waals surface area contributed by atoms with Gasteiger partial charge in [-0.3, -0.25) is 19.4 Å². The van der Waals surface area contributed by atoms with Crippen molar-refractivity contribution in [3.8, 4) is 0 Å². The van der Waals surface area contributed by atoms with E-state index in [9.17, 15) is 14.0 Å². The number of fused-ring (bicyclic) bond motifs is 1. The third-order valence-electron chi connectivity index (χ3n) is 5.52. The second-order valence-electron chi connectivity index (χ2n) is 7.97. The number of hydrazine groups is 1. The van der Waals surface area contributed by atoms with Gasteiger partial charge in [0.05, 0.1) is 29.7 Å². The lowest BCUT2D eigenvalue weighted by atomic mass is 10.1. The summed E-state index contributed by atoms with van der Waals surface area (Å²) in [5, 5.41) is 4.18. The minimum Gasteiger partial charge on any atom is -0.351 e. The first kappa shape index (κ1) is 25.2. The van der Waals surface area contributed by atoms with E-state index < -0.39 is 11.9 Å². The zero-order valence-corrected chi connectivity index (χ0v) is 20.2. The van der Waals surface area contributed by atoms with E-state index in [1.165, 1.54) is 24.3 Å². The van der Waals surface area contributed by atoms with E-state index in [0.717, 1.165) is 15.8 Å². The Morgan fingerprint density at radius 1 is 1.22 bits per heavy atom. The summed E-state index contributed by atoms with van der Waals surface area (Å²) in [5.74, 6) is -0.560. The quantitative estimate of drug-likeness (QED) is 0.235. The number of H-pyrrole nitrogens is 1. The van der Waals surface area contributed by atoms with Gasteiger partial charge in [-0.25, -0.2) is 19.8 Å². The molecule has 2 amide bonds. The fourth-order valence-corrected chi connectivity index (χ4v) is 3.92. The Morgan fingerprint density at radius 2 is 2.03 bits per heavy atom. The van der Waals surface area contributed by atoms with E-state index in [4.69, 9.17) is 16.4 Å². The van der Waals surface area contributed by atoms with E-state index in [-0.39, 0.29) is 24.1 Å². The van der Waals surface area contributed by atoms with Gasteiger partial charge in [0.25, 0.3) is 0 Å². The Hall–Kier alpha value is -3.86. The summed E-state index contributed by atoms with van der Waals surface area (Å²) >= 11 is 6.07. The monoisotopic (exact) mass is 510 g/mol. The minimum atomic E-state index is -0.582. The molecular formula is C25H24ClFN6O3. The molecule has 0 aliphatic heterocycles. The molecule has 9 nitrogen and oxygen atoms in total. The average Bonchev–Trinajstić information content (AvgIpc) is 3.39. The van der Waals surface area contributed by atoms with Crippen molar-refractivity contribution >= 4 is 40.5 Å². The molecule has 11 heteroatoms. The van der Waals surface area contributed by atoms with Gasteiger partial charge in [-0.05, 0) is 23.1 Å². The highest BCUT2D eigenvalue weighted by atomic mass is 35.5. The van der Waals surface area contributed by atoms with Gasteiger partial charge in [0.1, 0.15) is 5.82 Å². The number of halogens is 2. The van der Waals surface area contributed by atoms with Gasteiger partial charge in [-0.15, -0.1) is 0 Å². The minimum absolute atomic E-state index is 0.0249. The smallest absolute Gasteiger partial charge is 0.239 e. The maximum absolute atomic E-state index is 13.9. The number of pyridine rings is 1. The number of carbonyl (C=O) groups excluding carboxylic acids is 2. The van der Waals surface area contributed by atoms with Crippen LogP contribution in [0.5, 0.6) is 0 Å². The molecule has 2 aromatic heterocycles. The van der Waals surface area contributed by atoms with Crippen molar-refractivity contribution < 1.29 is 18.8 Å². The van der Waals surface area contributed by atoms with Crippen LogP contribution in [0.1, 0.15) is 18.2 Å². The highest BCUT2D eigenvalue weighted by Gasteiger charge is 2.25. The second-order valence-corrected chi connectivity index (χ2v) is 8.35. The third kappa shape index (κ3) is 6.03. The topological polar surface area (TPSA) is 103 Å². The first-order chi connectivity index (χ1) is 17.5. The normalized spacial score (nSPS) is 11.9. The van der Waals surface area contributed by atoms with Crippen LogP contribution in [0.25, 0.3) is 10.8 Å². The molecule has 0 aliphatic carbocycles. The van der Waals surface area contributed by atoms with Crippen LogP contribution in [-0.4, -0.2) is 44.9 Å². The summed E-state index contributed by atoms with van der Waals surface area (Å²) in [6, 6.07) is 13.2. The van der Waals surface area contributed by atoms with Crippen LogP contribution in [0.2, 0.25) is 5.02 Å². The van der Waals surface area contributed by atoms with Crippen LogP contribution in [0.4, 0.5) is 10.2 Å². The number of nitrogens with zero attached hydrogens (tertiary/aromatic N) is 4. The molecule has 0 radical (unpaired) electrons. The number of benzene rings is 2. The SMILES string of the molecule is CC(=O)N(NCc1cccc(F)c1Cl)[C@H](CON(C=O)c1cc2ccccc2cn1)Cc1c[nH]cn1. The van der Waals surface area contributed by atoms with E-state index in [2.05, 4.69) is 20.4 Å². The van der Waals surface area contributed by atoms with Crippen LogP contribution in [0.3, 0.4) is 0 Å². The van der Waals surface area contributed by atoms with Gasteiger partial charge < -0.3 is 4.98 Å². The molecule has 0 bridgehead atoms. The molecular weight excluding hydrogens is 487 g/mol. The number of rotatable bonds is 11. The molecule has 2 heterocycles. The maximum atomic E-state index is 13.9. The van der Waals surface area contributed by atoms with Gasteiger partial charge in [-0.2, -0.15) is 5.06 Å². The first-order valence-corrected chi connectivity index (χ1v) is 11.5. The molecule has 0 unspecified atom stereocenters. The molecule has 0 saturated heterocycles.